The van der Waals surface area contributed by atoms with Crippen molar-refractivity contribution in [1.29, 1.82) is 0 Å². The molecule has 2 aliphatic rings. The summed E-state index contributed by atoms with van der Waals surface area (Å²) in [5.74, 6) is 1.98. The highest BCUT2D eigenvalue weighted by Gasteiger charge is 2.42. The number of rotatable bonds is 3. The summed E-state index contributed by atoms with van der Waals surface area (Å²) in [5.41, 5.74) is 21.4. The van der Waals surface area contributed by atoms with E-state index in [0.29, 0.717) is 17.5 Å². The van der Waals surface area contributed by atoms with Crippen LogP contribution < -0.4 is 16.4 Å². The van der Waals surface area contributed by atoms with Gasteiger partial charge in [0, 0.05) is 66.0 Å². The maximum atomic E-state index is 5.51. The highest BCUT2D eigenvalue weighted by atomic mass is 15.1. The van der Waals surface area contributed by atoms with Gasteiger partial charge in [0.2, 0.25) is 0 Å². The van der Waals surface area contributed by atoms with Crippen LogP contribution in [0.5, 0.6) is 0 Å². The predicted octanol–water partition coefficient (Wildman–Crippen LogP) is 15.5. The molecule has 0 spiro atoms. The first-order valence-corrected chi connectivity index (χ1v) is 26.6. The van der Waals surface area contributed by atoms with E-state index in [2.05, 4.69) is 236 Å². The Morgan fingerprint density at radius 3 is 1.40 bits per heavy atom. The van der Waals surface area contributed by atoms with Gasteiger partial charge in [-0.1, -0.05) is 161 Å². The molecule has 5 nitrogen and oxygen atoms in total. The van der Waals surface area contributed by atoms with Crippen LogP contribution in [-0.2, 0) is 10.8 Å². The highest BCUT2D eigenvalue weighted by molar-refractivity contribution is 7.00. The van der Waals surface area contributed by atoms with Crippen molar-refractivity contribution in [2.75, 3.05) is 0 Å². The highest BCUT2D eigenvalue weighted by Crippen LogP contribution is 2.46. The van der Waals surface area contributed by atoms with Crippen LogP contribution >= 0.6 is 0 Å². The molecule has 10 aromatic carbocycles. The van der Waals surface area contributed by atoms with Gasteiger partial charge in [-0.25, -0.2) is 15.0 Å². The summed E-state index contributed by atoms with van der Waals surface area (Å²) in [6.45, 7) is 22.6. The van der Waals surface area contributed by atoms with Crippen LogP contribution in [0.15, 0.2) is 158 Å². The van der Waals surface area contributed by atoms with Crippen molar-refractivity contribution in [3.8, 4) is 45.5 Å². The molecular weight excluding hydrogens is 910 g/mol. The Morgan fingerprint density at radius 2 is 0.827 bits per heavy atom. The van der Waals surface area contributed by atoms with Crippen LogP contribution in [0.25, 0.3) is 121 Å². The molecule has 3 aromatic heterocycles. The van der Waals surface area contributed by atoms with Crippen LogP contribution in [0.3, 0.4) is 0 Å². The van der Waals surface area contributed by atoms with Gasteiger partial charge in [-0.15, -0.1) is 0 Å². The van der Waals surface area contributed by atoms with Crippen LogP contribution in [-0.4, -0.2) is 30.8 Å². The monoisotopic (exact) mass is 965 g/mol. The molecule has 0 amide bonds. The third-order valence-corrected chi connectivity index (χ3v) is 16.7. The SMILES string of the molecule is Cc1cc(C)cc(-c2nc(-c3cc(C)cc(C)c3)nc(-c3cc4c5c(c3)-n3c6ccc7c8ccccc8c8ccccc8c7c6c6cccc(c63)B5c3cc(C(C)(C)C)cc5c6cc(C(C)(C)C)ccc6n-4c35)n2)c1. The third kappa shape index (κ3) is 6.29. The van der Waals surface area contributed by atoms with Crippen molar-refractivity contribution in [2.24, 2.45) is 0 Å². The largest absolute Gasteiger partial charge is 0.310 e. The average molecular weight is 966 g/mol. The Morgan fingerprint density at radius 1 is 0.360 bits per heavy atom. The maximum absolute atomic E-state index is 5.51. The first kappa shape index (κ1) is 44.2. The number of para-hydroxylation sites is 1. The van der Waals surface area contributed by atoms with Crippen LogP contribution in [0, 0.1) is 27.7 Å². The van der Waals surface area contributed by atoms with E-state index >= 15 is 0 Å². The molecule has 0 fully saturated rings. The minimum atomic E-state index is -0.0915. The molecule has 13 aromatic rings. The van der Waals surface area contributed by atoms with Crippen LogP contribution in [0.1, 0.15) is 74.9 Å². The van der Waals surface area contributed by atoms with E-state index in [-0.39, 0.29) is 17.5 Å². The van der Waals surface area contributed by atoms with Gasteiger partial charge in [-0.2, -0.15) is 0 Å². The zero-order valence-electron chi connectivity index (χ0n) is 44.3. The van der Waals surface area contributed by atoms with Gasteiger partial charge < -0.3 is 9.13 Å². The van der Waals surface area contributed by atoms with Crippen molar-refractivity contribution >= 4 is 99.0 Å². The molecule has 360 valence electrons. The third-order valence-electron chi connectivity index (χ3n) is 16.7. The quantitative estimate of drug-likeness (QED) is 0.131. The molecule has 0 saturated heterocycles. The molecule has 2 aliphatic heterocycles. The summed E-state index contributed by atoms with van der Waals surface area (Å²) in [5, 5.41) is 12.8. The van der Waals surface area contributed by atoms with Gasteiger partial charge in [-0.05, 0) is 154 Å². The first-order chi connectivity index (χ1) is 36.1. The molecule has 0 bridgehead atoms. The van der Waals surface area contributed by atoms with Gasteiger partial charge >= 0.3 is 0 Å². The van der Waals surface area contributed by atoms with E-state index in [1.807, 2.05) is 0 Å². The van der Waals surface area contributed by atoms with Gasteiger partial charge in [0.05, 0.1) is 11.0 Å². The van der Waals surface area contributed by atoms with Gasteiger partial charge in [-0.3, -0.25) is 0 Å². The number of aromatic nitrogens is 5. The zero-order chi connectivity index (χ0) is 51.1. The number of hydrogen-bond donors (Lipinski definition) is 0. The first-order valence-electron chi connectivity index (χ1n) is 26.6. The fourth-order valence-electron chi connectivity index (χ4n) is 13.5. The molecule has 5 heterocycles. The molecule has 0 radical (unpaired) electrons. The molecular formula is C69H56BN5. The summed E-state index contributed by atoms with van der Waals surface area (Å²) < 4.78 is 5.21. The van der Waals surface area contributed by atoms with E-state index < -0.39 is 0 Å². The summed E-state index contributed by atoms with van der Waals surface area (Å²) in [6, 6.07) is 60.2. The second-order valence-electron chi connectivity index (χ2n) is 24.0. The number of benzene rings is 10. The smallest absolute Gasteiger partial charge is 0.252 e. The Bertz CT molecular complexity index is 4580. The second-order valence-corrected chi connectivity index (χ2v) is 24.0. The Labute approximate surface area is 437 Å². The normalized spacial score (nSPS) is 13.2. The van der Waals surface area contributed by atoms with Crippen molar-refractivity contribution in [3.63, 3.8) is 0 Å². The van der Waals surface area contributed by atoms with E-state index in [0.717, 1.165) is 28.1 Å². The molecule has 0 saturated carbocycles. The van der Waals surface area contributed by atoms with Gasteiger partial charge in [0.1, 0.15) is 0 Å². The lowest BCUT2D eigenvalue weighted by molar-refractivity contribution is 0.590. The number of aryl methyl sites for hydroxylation is 4. The molecule has 15 rings (SSSR count). The Balaban J connectivity index is 1.13. The lowest BCUT2D eigenvalue weighted by atomic mass is 9.34. The molecule has 0 atom stereocenters. The number of fused-ring (bicyclic) bond motifs is 17. The average Bonchev–Trinajstić information content (AvgIpc) is 4.17. The molecule has 0 aliphatic carbocycles. The molecule has 75 heavy (non-hydrogen) atoms. The summed E-state index contributed by atoms with van der Waals surface area (Å²) in [4.78, 5) is 16.3. The number of hydrogen-bond acceptors (Lipinski definition) is 3. The van der Waals surface area contributed by atoms with Gasteiger partial charge in [0.15, 0.2) is 17.5 Å². The van der Waals surface area contributed by atoms with Crippen molar-refractivity contribution in [3.05, 3.63) is 191 Å². The lowest BCUT2D eigenvalue weighted by Crippen LogP contribution is -2.59. The molecule has 0 N–H and O–H groups in total. The standard InChI is InChI=1S/C69H56BN5/c1-37-26-38(2)29-41(28-37)65-71-66(42-30-39(3)27-40(4)31-42)73-67(72-65)43-32-58-62-59(33-43)75-57-25-23-50-48-18-12-11-16-46(48)47-17-13-14-19-49(47)60(50)61(57)51-20-15-21-54(63(51)75)70(62)55-36-45(69(8,9)10)35-53-52-34-44(68(5,6)7)22-24-56(52)74(58)64(53)55/h11-36H,1-10H3. The van der Waals surface area contributed by atoms with Crippen LogP contribution in [0.2, 0.25) is 0 Å². The maximum Gasteiger partial charge on any atom is 0.252 e. The van der Waals surface area contributed by atoms with E-state index in [4.69, 9.17) is 15.0 Å². The fraction of sp³-hybridized carbons (Fsp3) is 0.174. The topological polar surface area (TPSA) is 48.5 Å². The minimum absolute atomic E-state index is 0.0290. The van der Waals surface area contributed by atoms with Crippen molar-refractivity contribution in [2.45, 2.75) is 80.1 Å². The predicted molar refractivity (Wildman–Crippen MR) is 318 cm³/mol. The Hall–Kier alpha value is -8.35. The summed E-state index contributed by atoms with van der Waals surface area (Å²) >= 11 is 0. The number of nitrogens with zero attached hydrogens (tertiary/aromatic N) is 5. The molecule has 0 unspecified atom stereocenters. The van der Waals surface area contributed by atoms with Gasteiger partial charge in [0.25, 0.3) is 6.71 Å². The van der Waals surface area contributed by atoms with E-state index in [9.17, 15) is 0 Å². The van der Waals surface area contributed by atoms with Crippen molar-refractivity contribution < 1.29 is 0 Å². The minimum Gasteiger partial charge on any atom is -0.310 e. The zero-order valence-corrected chi connectivity index (χ0v) is 44.3. The summed E-state index contributed by atoms with van der Waals surface area (Å²) in [7, 11) is 0. The van der Waals surface area contributed by atoms with E-state index in [1.54, 1.807) is 0 Å². The Kier molecular flexibility index (Phi) is 8.91. The van der Waals surface area contributed by atoms with Crippen molar-refractivity contribution in [1.82, 2.24) is 24.1 Å². The summed E-state index contributed by atoms with van der Waals surface area (Å²) in [6.07, 6.45) is 0. The van der Waals surface area contributed by atoms with Crippen LogP contribution in [0.4, 0.5) is 0 Å². The second kappa shape index (κ2) is 15.1. The molecule has 6 heteroatoms. The lowest BCUT2D eigenvalue weighted by Gasteiger charge is -2.35. The fourth-order valence-corrected chi connectivity index (χ4v) is 13.5. The van der Waals surface area contributed by atoms with E-state index in [1.165, 1.54) is 126 Å².